The van der Waals surface area contributed by atoms with Gasteiger partial charge in [0, 0.05) is 53.3 Å². The van der Waals surface area contributed by atoms with Gasteiger partial charge in [-0.1, -0.05) is 41.4 Å². The molecule has 1 aliphatic rings. The van der Waals surface area contributed by atoms with Crippen molar-refractivity contribution in [1.82, 2.24) is 20.2 Å². The number of rotatable bonds is 12. The summed E-state index contributed by atoms with van der Waals surface area (Å²) in [6.45, 7) is 2.80. The van der Waals surface area contributed by atoms with Gasteiger partial charge in [0.05, 0.1) is 46.8 Å². The van der Waals surface area contributed by atoms with Gasteiger partial charge in [0.25, 0.3) is 0 Å². The Balaban J connectivity index is 1.73. The van der Waals surface area contributed by atoms with Crippen molar-refractivity contribution in [2.75, 3.05) is 37.6 Å². The Morgan fingerprint density at radius 2 is 2.04 bits per heavy atom. The molecule has 0 aliphatic carbocycles. The first kappa shape index (κ1) is 33.4. The molecule has 0 saturated carbocycles. The van der Waals surface area contributed by atoms with Crippen molar-refractivity contribution in [2.24, 2.45) is 4.99 Å². The van der Waals surface area contributed by atoms with Crippen LogP contribution in [0.15, 0.2) is 90.3 Å². The molecule has 47 heavy (non-hydrogen) atoms. The molecule has 0 radical (unpaired) electrons. The monoisotopic (exact) mass is 670 g/mol. The number of hydrogen-bond donors (Lipinski definition) is 2. The molecule has 2 aromatic heterocycles. The molecule has 13 heteroatoms. The molecular formula is C34H32Cl2N8O3. The van der Waals surface area contributed by atoms with Gasteiger partial charge in [-0.15, -0.1) is 0 Å². The van der Waals surface area contributed by atoms with E-state index < -0.39 is 5.00 Å². The van der Waals surface area contributed by atoms with E-state index in [0.717, 1.165) is 0 Å². The number of anilines is 3. The first-order valence-electron chi connectivity index (χ1n) is 14.6. The normalized spacial score (nSPS) is 15.5. The van der Waals surface area contributed by atoms with E-state index >= 15 is 0 Å². The molecular weight excluding hydrogens is 639 g/mol. The number of pyridine rings is 2. The second kappa shape index (κ2) is 15.1. The van der Waals surface area contributed by atoms with Gasteiger partial charge in [-0.25, -0.2) is 10.1 Å². The van der Waals surface area contributed by atoms with Crippen LogP contribution in [0.25, 0.3) is 10.9 Å². The van der Waals surface area contributed by atoms with Crippen LogP contribution >= 0.6 is 23.2 Å². The van der Waals surface area contributed by atoms with Crippen molar-refractivity contribution in [3.8, 4) is 11.8 Å². The summed E-state index contributed by atoms with van der Waals surface area (Å²) in [4.78, 5) is 33.4. The van der Waals surface area contributed by atoms with E-state index in [2.05, 4.69) is 31.7 Å². The molecule has 4 aromatic rings. The molecule has 2 N–H and O–H groups in total. The van der Waals surface area contributed by atoms with Gasteiger partial charge in [-0.3, -0.25) is 19.6 Å². The lowest BCUT2D eigenvalue weighted by atomic mass is 10.0. The fraction of sp³-hybridized carbons (Fsp3) is 0.206. The maximum atomic E-state index is 13.0. The molecule has 1 unspecified atom stereocenters. The second-order valence-corrected chi connectivity index (χ2v) is 11.5. The van der Waals surface area contributed by atoms with Gasteiger partial charge in [-0.05, 0) is 57.4 Å². The summed E-state index contributed by atoms with van der Waals surface area (Å²) in [6.07, 6.45) is 11.1. The fourth-order valence-electron chi connectivity index (χ4n) is 4.85. The quantitative estimate of drug-likeness (QED) is 0.0760. The number of halogens is 2. The number of hydrogen-bond acceptors (Lipinski definition) is 10. The number of aromatic nitrogens is 2. The number of carbonyl (C=O) groups is 1. The summed E-state index contributed by atoms with van der Waals surface area (Å²) in [5, 5.41) is 18.5. The largest absolute Gasteiger partial charge is 0.492 e. The molecule has 11 nitrogen and oxygen atoms in total. The molecule has 0 spiro atoms. The molecule has 0 bridgehead atoms. The Morgan fingerprint density at radius 1 is 1.19 bits per heavy atom. The third-order valence-corrected chi connectivity index (χ3v) is 7.65. The van der Waals surface area contributed by atoms with Gasteiger partial charge in [0.1, 0.15) is 18.4 Å². The summed E-state index contributed by atoms with van der Waals surface area (Å²) in [7, 11) is 3.82. The van der Waals surface area contributed by atoms with Crippen LogP contribution < -0.4 is 20.4 Å². The lowest BCUT2D eigenvalue weighted by Crippen LogP contribution is -2.27. The maximum absolute atomic E-state index is 13.0. The van der Waals surface area contributed by atoms with E-state index in [1.54, 1.807) is 60.9 Å². The summed E-state index contributed by atoms with van der Waals surface area (Å²) in [6, 6.07) is 16.4. The summed E-state index contributed by atoms with van der Waals surface area (Å²) in [5.74, 6) is 0.0638. The molecule has 0 fully saturated rings. The molecule has 1 amide bonds. The zero-order chi connectivity index (χ0) is 33.4. The standard InChI is InChI=1S/C34H32Cl2N8O3/c1-4-46-30-18-27-25(17-28(30)42-31(45)12-8-16-43(2)3)33(23(19-37)20-40-27)44(47-21-24-9-5-6-14-39-24)29-11-7-10-26(35)32(29)34(36)13-15-38-22-41-34/h5-15,17-18,20,22H,4,16,21H2,1-3H3,(H,38,41)(H,42,45)/b12-8+. The van der Waals surface area contributed by atoms with Crippen LogP contribution in [-0.4, -0.2) is 54.4 Å². The number of nitriles is 1. The smallest absolute Gasteiger partial charge is 0.248 e. The molecule has 0 saturated heterocycles. The summed E-state index contributed by atoms with van der Waals surface area (Å²) < 4.78 is 5.89. The minimum atomic E-state index is -1.40. The second-order valence-electron chi connectivity index (χ2n) is 10.5. The lowest BCUT2D eigenvalue weighted by Gasteiger charge is -2.32. The number of fused-ring (bicyclic) bond motifs is 1. The van der Waals surface area contributed by atoms with Gasteiger partial charge >= 0.3 is 0 Å². The van der Waals surface area contributed by atoms with Crippen molar-refractivity contribution in [1.29, 1.82) is 5.26 Å². The highest BCUT2D eigenvalue weighted by molar-refractivity contribution is 6.34. The number of aliphatic imine (C=N–C) groups is 1. The Kier molecular flexibility index (Phi) is 10.7. The van der Waals surface area contributed by atoms with Crippen LogP contribution in [0.4, 0.5) is 17.1 Å². The SMILES string of the molecule is CCOc1cc2ncc(C#N)c(N(OCc3ccccn3)c3cccc(Cl)c3C3(Cl)C=CNC=N3)c2cc1NC(=O)/C=C/CN(C)C. The van der Waals surface area contributed by atoms with E-state index in [1.165, 1.54) is 23.7 Å². The zero-order valence-corrected chi connectivity index (χ0v) is 27.5. The molecule has 240 valence electrons. The van der Waals surface area contributed by atoms with Crippen LogP contribution in [0, 0.1) is 11.3 Å². The lowest BCUT2D eigenvalue weighted by molar-refractivity contribution is -0.111. The fourth-order valence-corrected chi connectivity index (χ4v) is 5.52. The number of alkyl halides is 1. The van der Waals surface area contributed by atoms with E-state index in [4.69, 9.17) is 32.8 Å². The molecule has 3 heterocycles. The van der Waals surface area contributed by atoms with Crippen molar-refractivity contribution >= 4 is 63.4 Å². The average molecular weight is 672 g/mol. The molecule has 1 atom stereocenters. The van der Waals surface area contributed by atoms with Gasteiger partial charge in [-0.2, -0.15) is 5.26 Å². The topological polar surface area (TPSA) is 128 Å². The van der Waals surface area contributed by atoms with Crippen LogP contribution in [0.1, 0.15) is 23.7 Å². The van der Waals surface area contributed by atoms with E-state index in [9.17, 15) is 10.1 Å². The van der Waals surface area contributed by atoms with Crippen LogP contribution in [-0.2, 0) is 21.2 Å². The highest BCUT2D eigenvalue weighted by Gasteiger charge is 2.35. The predicted molar refractivity (Wildman–Crippen MR) is 185 cm³/mol. The maximum Gasteiger partial charge on any atom is 0.248 e. The van der Waals surface area contributed by atoms with Crippen LogP contribution in [0.2, 0.25) is 5.02 Å². The first-order chi connectivity index (χ1) is 22.7. The van der Waals surface area contributed by atoms with Gasteiger partial charge in [0.2, 0.25) is 5.91 Å². The van der Waals surface area contributed by atoms with Crippen LogP contribution in [0.3, 0.4) is 0 Å². The predicted octanol–water partition coefficient (Wildman–Crippen LogP) is 6.42. The number of nitrogens with zero attached hydrogens (tertiary/aromatic N) is 6. The minimum Gasteiger partial charge on any atom is -0.492 e. The van der Waals surface area contributed by atoms with Gasteiger partial charge in [0.15, 0.2) is 5.00 Å². The Morgan fingerprint density at radius 3 is 2.74 bits per heavy atom. The Labute approximate surface area is 282 Å². The van der Waals surface area contributed by atoms with E-state index in [0.29, 0.717) is 63.1 Å². The number of benzene rings is 2. The summed E-state index contributed by atoms with van der Waals surface area (Å²) >= 11 is 13.9. The third kappa shape index (κ3) is 7.70. The number of carbonyl (C=O) groups excluding carboxylic acids is 1. The van der Waals surface area contributed by atoms with Crippen LogP contribution in [0.5, 0.6) is 5.75 Å². The number of ether oxygens (including phenoxy) is 1. The number of likely N-dealkylation sites (N-methyl/N-ethyl adjacent to an activating group) is 1. The molecule has 5 rings (SSSR count). The number of nitrogens with one attached hydrogen (secondary N) is 2. The van der Waals surface area contributed by atoms with Gasteiger partial charge < -0.3 is 20.3 Å². The average Bonchev–Trinajstić information content (AvgIpc) is 3.06. The Bertz CT molecular complexity index is 1880. The highest BCUT2D eigenvalue weighted by Crippen LogP contribution is 2.47. The zero-order valence-electron chi connectivity index (χ0n) is 25.9. The summed E-state index contributed by atoms with van der Waals surface area (Å²) in [5.41, 5.74) is 2.85. The van der Waals surface area contributed by atoms with E-state index in [1.807, 2.05) is 38.1 Å². The molecule has 1 aliphatic heterocycles. The van der Waals surface area contributed by atoms with Crippen molar-refractivity contribution < 1.29 is 14.4 Å². The van der Waals surface area contributed by atoms with Crippen molar-refractivity contribution in [3.63, 3.8) is 0 Å². The third-order valence-electron chi connectivity index (χ3n) is 6.92. The van der Waals surface area contributed by atoms with Crippen molar-refractivity contribution in [3.05, 3.63) is 107 Å². The van der Waals surface area contributed by atoms with E-state index in [-0.39, 0.29) is 18.1 Å². The highest BCUT2D eigenvalue weighted by atomic mass is 35.5. The minimum absolute atomic E-state index is 0.0225. The first-order valence-corrected chi connectivity index (χ1v) is 15.4. The molecule has 2 aromatic carbocycles. The van der Waals surface area contributed by atoms with Crippen molar-refractivity contribution in [2.45, 2.75) is 18.5 Å². The Hall–Kier alpha value is -4.99. The number of amides is 1.